The molecular formula is C15H10N2OS. The molecule has 0 fully saturated rings. The van der Waals surface area contributed by atoms with E-state index in [4.69, 9.17) is 4.74 Å². The number of aromatic nitrogens is 2. The predicted molar refractivity (Wildman–Crippen MR) is 76.4 cm³/mol. The third-order valence-electron chi connectivity index (χ3n) is 2.61. The van der Waals surface area contributed by atoms with Crippen LogP contribution in [0.25, 0.3) is 11.0 Å². The van der Waals surface area contributed by atoms with Gasteiger partial charge in [0.1, 0.15) is 17.0 Å². The summed E-state index contributed by atoms with van der Waals surface area (Å²) in [5.41, 5.74) is 3.42. The van der Waals surface area contributed by atoms with Crippen molar-refractivity contribution in [2.75, 3.05) is 7.11 Å². The van der Waals surface area contributed by atoms with E-state index in [-0.39, 0.29) is 0 Å². The summed E-state index contributed by atoms with van der Waals surface area (Å²) >= 11 is 1.59. The zero-order valence-electron chi connectivity index (χ0n) is 10.3. The molecule has 3 rings (SSSR count). The Balaban J connectivity index is 1.89. The molecule has 92 valence electrons. The van der Waals surface area contributed by atoms with E-state index in [0.717, 1.165) is 22.3 Å². The van der Waals surface area contributed by atoms with Crippen LogP contribution in [0.2, 0.25) is 0 Å². The number of benzene rings is 1. The molecule has 0 aliphatic heterocycles. The van der Waals surface area contributed by atoms with Crippen molar-refractivity contribution in [1.29, 1.82) is 0 Å². The van der Waals surface area contributed by atoms with Gasteiger partial charge in [0.05, 0.1) is 18.8 Å². The van der Waals surface area contributed by atoms with E-state index in [9.17, 15) is 0 Å². The van der Waals surface area contributed by atoms with E-state index in [0.29, 0.717) is 5.69 Å². The monoisotopic (exact) mass is 266 g/mol. The number of ether oxygens (including phenoxy) is 1. The number of rotatable bonds is 1. The standard InChI is InChI=1S/C15H10N2OS/c1-18-13-6-3-11(4-7-13)2-5-12-8-16-14-9-19-10-15(14)17-12/h3-4,6-10H,1H3. The minimum atomic E-state index is 0.682. The molecule has 2 heterocycles. The van der Waals surface area contributed by atoms with E-state index < -0.39 is 0 Å². The zero-order chi connectivity index (χ0) is 13.1. The molecule has 2 aromatic heterocycles. The second-order valence-electron chi connectivity index (χ2n) is 3.88. The molecule has 3 nitrogen and oxygen atoms in total. The van der Waals surface area contributed by atoms with Crippen molar-refractivity contribution in [2.24, 2.45) is 0 Å². The maximum absolute atomic E-state index is 5.10. The van der Waals surface area contributed by atoms with Gasteiger partial charge in [-0.05, 0) is 30.2 Å². The molecule has 0 N–H and O–H groups in total. The highest BCUT2D eigenvalue weighted by atomic mass is 32.1. The number of methoxy groups -OCH3 is 1. The summed E-state index contributed by atoms with van der Waals surface area (Å²) in [5, 5.41) is 3.95. The smallest absolute Gasteiger partial charge is 0.132 e. The van der Waals surface area contributed by atoms with Crippen molar-refractivity contribution in [3.63, 3.8) is 0 Å². The summed E-state index contributed by atoms with van der Waals surface area (Å²) in [6.45, 7) is 0. The van der Waals surface area contributed by atoms with E-state index in [1.807, 2.05) is 35.0 Å². The van der Waals surface area contributed by atoms with Crippen molar-refractivity contribution >= 4 is 22.4 Å². The van der Waals surface area contributed by atoms with Crippen LogP contribution in [0.5, 0.6) is 5.75 Å². The molecule has 1 aromatic carbocycles. The molecule has 0 atom stereocenters. The van der Waals surface area contributed by atoms with Gasteiger partial charge in [-0.15, -0.1) is 11.3 Å². The Morgan fingerprint density at radius 1 is 1.05 bits per heavy atom. The third-order valence-corrected chi connectivity index (χ3v) is 3.33. The van der Waals surface area contributed by atoms with Crippen LogP contribution in [-0.4, -0.2) is 17.1 Å². The van der Waals surface area contributed by atoms with Crippen LogP contribution in [0, 0.1) is 11.8 Å². The van der Waals surface area contributed by atoms with Crippen LogP contribution in [0.3, 0.4) is 0 Å². The Morgan fingerprint density at radius 3 is 2.63 bits per heavy atom. The first kappa shape index (κ1) is 11.7. The molecule has 0 amide bonds. The molecule has 0 spiro atoms. The Hall–Kier alpha value is -2.38. The summed E-state index contributed by atoms with van der Waals surface area (Å²) < 4.78 is 5.10. The van der Waals surface area contributed by atoms with Gasteiger partial charge in [-0.2, -0.15) is 0 Å². The second kappa shape index (κ2) is 5.09. The summed E-state index contributed by atoms with van der Waals surface area (Å²) in [5.74, 6) is 6.91. The van der Waals surface area contributed by atoms with Crippen LogP contribution >= 0.6 is 11.3 Å². The minimum Gasteiger partial charge on any atom is -0.497 e. The third kappa shape index (κ3) is 2.56. The molecule has 0 saturated heterocycles. The number of hydrogen-bond donors (Lipinski definition) is 0. The topological polar surface area (TPSA) is 35.0 Å². The SMILES string of the molecule is COc1ccc(C#Cc2cnc3cscc3n2)cc1. The molecule has 0 saturated carbocycles. The molecule has 19 heavy (non-hydrogen) atoms. The van der Waals surface area contributed by atoms with Crippen LogP contribution < -0.4 is 4.74 Å². The maximum atomic E-state index is 5.10. The zero-order valence-corrected chi connectivity index (χ0v) is 11.1. The van der Waals surface area contributed by atoms with E-state index in [1.54, 1.807) is 24.6 Å². The van der Waals surface area contributed by atoms with Gasteiger partial charge >= 0.3 is 0 Å². The van der Waals surface area contributed by atoms with Gasteiger partial charge in [0, 0.05) is 16.3 Å². The summed E-state index contributed by atoms with van der Waals surface area (Å²) in [6, 6.07) is 7.61. The Kier molecular flexibility index (Phi) is 3.13. The van der Waals surface area contributed by atoms with Crippen LogP contribution in [0.4, 0.5) is 0 Å². The molecule has 0 aliphatic rings. The summed E-state index contributed by atoms with van der Waals surface area (Å²) in [7, 11) is 1.65. The van der Waals surface area contributed by atoms with Gasteiger partial charge in [-0.1, -0.05) is 5.92 Å². The first-order chi connectivity index (χ1) is 9.35. The highest BCUT2D eigenvalue weighted by Crippen LogP contribution is 2.14. The molecule has 0 unspecified atom stereocenters. The van der Waals surface area contributed by atoms with E-state index >= 15 is 0 Å². The van der Waals surface area contributed by atoms with Gasteiger partial charge in [-0.25, -0.2) is 4.98 Å². The Labute approximate surface area is 114 Å². The Morgan fingerprint density at radius 2 is 1.84 bits per heavy atom. The number of nitrogens with zero attached hydrogens (tertiary/aromatic N) is 2. The largest absolute Gasteiger partial charge is 0.497 e. The van der Waals surface area contributed by atoms with Gasteiger partial charge in [-0.3, -0.25) is 4.98 Å². The fourth-order valence-corrected chi connectivity index (χ4v) is 2.30. The van der Waals surface area contributed by atoms with Gasteiger partial charge in [0.25, 0.3) is 0 Å². The fraction of sp³-hybridized carbons (Fsp3) is 0.0667. The maximum Gasteiger partial charge on any atom is 0.132 e. The van der Waals surface area contributed by atoms with Crippen LogP contribution in [-0.2, 0) is 0 Å². The second-order valence-corrected chi connectivity index (χ2v) is 4.62. The molecule has 0 bridgehead atoms. The summed E-state index contributed by atoms with van der Waals surface area (Å²) in [6.07, 6.45) is 1.70. The highest BCUT2D eigenvalue weighted by molar-refractivity contribution is 7.09. The van der Waals surface area contributed by atoms with Crippen molar-refractivity contribution in [1.82, 2.24) is 9.97 Å². The molecule has 4 heteroatoms. The lowest BCUT2D eigenvalue weighted by Crippen LogP contribution is -1.85. The van der Waals surface area contributed by atoms with E-state index in [1.165, 1.54) is 0 Å². The number of fused-ring (bicyclic) bond motifs is 1. The Bertz CT molecular complexity index is 766. The average Bonchev–Trinajstić information content (AvgIpc) is 2.93. The van der Waals surface area contributed by atoms with Crippen molar-refractivity contribution < 1.29 is 4.74 Å². The molecular weight excluding hydrogens is 256 g/mol. The minimum absolute atomic E-state index is 0.682. The quantitative estimate of drug-likeness (QED) is 0.635. The highest BCUT2D eigenvalue weighted by Gasteiger charge is 1.97. The van der Waals surface area contributed by atoms with Crippen LogP contribution in [0.1, 0.15) is 11.3 Å². The van der Waals surface area contributed by atoms with Gasteiger partial charge < -0.3 is 4.74 Å². The first-order valence-electron chi connectivity index (χ1n) is 5.70. The molecule has 0 radical (unpaired) electrons. The number of thiophene rings is 1. The van der Waals surface area contributed by atoms with Crippen molar-refractivity contribution in [3.8, 4) is 17.6 Å². The fourth-order valence-electron chi connectivity index (χ4n) is 1.62. The molecule has 3 aromatic rings. The van der Waals surface area contributed by atoms with Crippen molar-refractivity contribution in [2.45, 2.75) is 0 Å². The lowest BCUT2D eigenvalue weighted by Gasteiger charge is -1.97. The number of hydrogen-bond acceptors (Lipinski definition) is 4. The average molecular weight is 266 g/mol. The van der Waals surface area contributed by atoms with E-state index in [2.05, 4.69) is 21.8 Å². The lowest BCUT2D eigenvalue weighted by atomic mass is 10.2. The molecule has 0 aliphatic carbocycles. The van der Waals surface area contributed by atoms with Gasteiger partial charge in [0.2, 0.25) is 0 Å². The predicted octanol–water partition coefficient (Wildman–Crippen LogP) is 3.10. The first-order valence-corrected chi connectivity index (χ1v) is 6.64. The van der Waals surface area contributed by atoms with Crippen LogP contribution in [0.15, 0.2) is 41.2 Å². The normalized spacial score (nSPS) is 9.95. The lowest BCUT2D eigenvalue weighted by molar-refractivity contribution is 0.415. The summed E-state index contributed by atoms with van der Waals surface area (Å²) in [4.78, 5) is 8.74. The van der Waals surface area contributed by atoms with Gasteiger partial charge in [0.15, 0.2) is 0 Å². The van der Waals surface area contributed by atoms with Crippen molar-refractivity contribution in [3.05, 3.63) is 52.5 Å².